The molecule has 122 valence electrons. The van der Waals surface area contributed by atoms with Gasteiger partial charge < -0.3 is 10.8 Å². The molecule has 0 bridgehead atoms. The third-order valence-electron chi connectivity index (χ3n) is 2.30. The fourth-order valence-electron chi connectivity index (χ4n) is 1.10. The summed E-state index contributed by atoms with van der Waals surface area (Å²) in [6.07, 6.45) is 2.48. The Morgan fingerprint density at radius 2 is 1.81 bits per heavy atom. The number of rotatable bonds is 5. The van der Waals surface area contributed by atoms with Crippen LogP contribution in [-0.4, -0.2) is 37.5 Å². The predicted molar refractivity (Wildman–Crippen MR) is 88.4 cm³/mol. The van der Waals surface area contributed by atoms with E-state index in [4.69, 9.17) is 16.0 Å². The van der Waals surface area contributed by atoms with Gasteiger partial charge in [-0.2, -0.15) is 11.8 Å². The molecule has 1 aromatic carbocycles. The molecule has 0 aliphatic rings. The van der Waals surface area contributed by atoms with Crippen LogP contribution in [0, 0.1) is 6.92 Å². The van der Waals surface area contributed by atoms with Gasteiger partial charge in [0.1, 0.15) is 6.04 Å². The molecule has 9 heteroatoms. The van der Waals surface area contributed by atoms with Gasteiger partial charge >= 0.3 is 5.97 Å². The van der Waals surface area contributed by atoms with Crippen molar-refractivity contribution in [2.75, 3.05) is 12.0 Å². The van der Waals surface area contributed by atoms with Gasteiger partial charge in [0, 0.05) is 0 Å². The topological polar surface area (TPSA) is 123 Å². The van der Waals surface area contributed by atoms with E-state index in [0.29, 0.717) is 6.42 Å². The highest BCUT2D eigenvalue weighted by Crippen LogP contribution is 2.06. The number of aryl methyl sites for hydroxylation is 1. The van der Waals surface area contributed by atoms with Crippen LogP contribution in [0.2, 0.25) is 0 Å². The predicted octanol–water partition coefficient (Wildman–Crippen LogP) is 1.22. The van der Waals surface area contributed by atoms with Gasteiger partial charge in [-0.25, -0.2) is 13.6 Å². The van der Waals surface area contributed by atoms with E-state index in [1.807, 2.05) is 13.2 Å². The molecular formula is C12H21ClN2O4S2. The van der Waals surface area contributed by atoms with Crippen LogP contribution >= 0.6 is 24.2 Å². The largest absolute Gasteiger partial charge is 0.480 e. The van der Waals surface area contributed by atoms with E-state index in [2.05, 4.69) is 0 Å². The summed E-state index contributed by atoms with van der Waals surface area (Å²) in [6.45, 7) is 1.88. The average Bonchev–Trinajstić information content (AvgIpc) is 2.36. The van der Waals surface area contributed by atoms with Crippen LogP contribution in [0.25, 0.3) is 0 Å². The Morgan fingerprint density at radius 1 is 1.33 bits per heavy atom. The van der Waals surface area contributed by atoms with Crippen molar-refractivity contribution in [1.29, 1.82) is 0 Å². The third kappa shape index (κ3) is 10.6. The number of nitrogens with two attached hydrogens (primary N) is 2. The Balaban J connectivity index is 0. The first-order chi connectivity index (χ1) is 9.18. The van der Waals surface area contributed by atoms with E-state index in [-0.39, 0.29) is 17.3 Å². The molecule has 0 spiro atoms. The highest BCUT2D eigenvalue weighted by Gasteiger charge is 2.09. The molecule has 0 amide bonds. The van der Waals surface area contributed by atoms with E-state index in [1.54, 1.807) is 23.9 Å². The van der Waals surface area contributed by atoms with Gasteiger partial charge in [0.2, 0.25) is 10.0 Å². The molecule has 0 saturated carbocycles. The standard InChI is InChI=1S/C7H9NO2S.C5H11NO2S.ClH/c1-6-2-4-7(5-3-6)11(8,9)10;1-9-3-2-4(6)5(7)8;/h2-5H,1H3,(H2,8,9,10);4H,2-3,6H2,1H3,(H,7,8);1H. The highest BCUT2D eigenvalue weighted by atomic mass is 35.5. The van der Waals surface area contributed by atoms with Crippen LogP contribution in [0.15, 0.2) is 29.2 Å². The molecule has 0 aromatic heterocycles. The van der Waals surface area contributed by atoms with E-state index in [9.17, 15) is 13.2 Å². The highest BCUT2D eigenvalue weighted by molar-refractivity contribution is 7.98. The molecule has 1 atom stereocenters. The number of hydrogen-bond donors (Lipinski definition) is 3. The lowest BCUT2D eigenvalue weighted by Gasteiger charge is -2.02. The molecule has 0 aliphatic heterocycles. The molecule has 0 aliphatic carbocycles. The number of benzene rings is 1. The van der Waals surface area contributed by atoms with Crippen molar-refractivity contribution in [3.63, 3.8) is 0 Å². The van der Waals surface area contributed by atoms with Gasteiger partial charge in [-0.1, -0.05) is 17.7 Å². The van der Waals surface area contributed by atoms with Crippen molar-refractivity contribution in [2.24, 2.45) is 10.9 Å². The van der Waals surface area contributed by atoms with E-state index >= 15 is 0 Å². The van der Waals surface area contributed by atoms with Gasteiger partial charge in [0.05, 0.1) is 4.90 Å². The maximum Gasteiger partial charge on any atom is 0.320 e. The third-order valence-corrected chi connectivity index (χ3v) is 3.87. The van der Waals surface area contributed by atoms with Gasteiger partial charge in [-0.15, -0.1) is 12.4 Å². The van der Waals surface area contributed by atoms with Gasteiger partial charge in [0.15, 0.2) is 0 Å². The van der Waals surface area contributed by atoms with Crippen molar-refractivity contribution in [1.82, 2.24) is 0 Å². The van der Waals surface area contributed by atoms with Crippen molar-refractivity contribution in [2.45, 2.75) is 24.3 Å². The molecule has 0 saturated heterocycles. The minimum absolute atomic E-state index is 0. The number of halogens is 1. The smallest absolute Gasteiger partial charge is 0.320 e. The Bertz CT molecular complexity index is 521. The molecule has 1 aromatic rings. The summed E-state index contributed by atoms with van der Waals surface area (Å²) in [7, 11) is -3.52. The molecular weight excluding hydrogens is 336 g/mol. The summed E-state index contributed by atoms with van der Waals surface area (Å²) in [5.74, 6) is -0.1000. The number of hydrogen-bond acceptors (Lipinski definition) is 5. The van der Waals surface area contributed by atoms with Crippen molar-refractivity contribution < 1.29 is 18.3 Å². The number of primary sulfonamides is 1. The summed E-state index contributed by atoms with van der Waals surface area (Å²) >= 11 is 1.60. The number of thioether (sulfide) groups is 1. The fourth-order valence-corrected chi connectivity index (χ4v) is 2.10. The number of carboxylic acids is 1. The molecule has 0 heterocycles. The van der Waals surface area contributed by atoms with Crippen LogP contribution in [-0.2, 0) is 14.8 Å². The van der Waals surface area contributed by atoms with Crippen LogP contribution in [0.4, 0.5) is 0 Å². The number of carboxylic acid groups (broad SMARTS) is 1. The zero-order chi connectivity index (χ0) is 15.8. The summed E-state index contributed by atoms with van der Waals surface area (Å²) in [5.41, 5.74) is 6.20. The van der Waals surface area contributed by atoms with Crippen LogP contribution in [0.1, 0.15) is 12.0 Å². The first-order valence-corrected chi connectivity index (χ1v) is 8.69. The molecule has 0 radical (unpaired) electrons. The normalized spacial score (nSPS) is 11.6. The zero-order valence-corrected chi connectivity index (χ0v) is 14.3. The van der Waals surface area contributed by atoms with Crippen molar-refractivity contribution in [3.8, 4) is 0 Å². The number of carbonyl (C=O) groups is 1. The first kappa shape index (κ1) is 22.5. The molecule has 1 rings (SSSR count). The second kappa shape index (κ2) is 10.9. The van der Waals surface area contributed by atoms with Crippen LogP contribution in [0.3, 0.4) is 0 Å². The maximum absolute atomic E-state index is 10.7. The molecule has 5 N–H and O–H groups in total. The number of sulfonamides is 1. The fraction of sp³-hybridized carbons (Fsp3) is 0.417. The van der Waals surface area contributed by atoms with E-state index in [1.165, 1.54) is 12.1 Å². The van der Waals surface area contributed by atoms with Gasteiger partial charge in [0.25, 0.3) is 0 Å². The Kier molecular flexibility index (Phi) is 11.6. The Morgan fingerprint density at radius 3 is 2.14 bits per heavy atom. The van der Waals surface area contributed by atoms with Crippen LogP contribution < -0.4 is 10.9 Å². The lowest BCUT2D eigenvalue weighted by molar-refractivity contribution is -0.138. The minimum Gasteiger partial charge on any atom is -0.480 e. The summed E-state index contributed by atoms with van der Waals surface area (Å²) in [5, 5.41) is 13.2. The Hall–Kier alpha value is -0.800. The maximum atomic E-state index is 10.7. The lowest BCUT2D eigenvalue weighted by Crippen LogP contribution is -2.30. The van der Waals surface area contributed by atoms with Crippen LogP contribution in [0.5, 0.6) is 0 Å². The lowest BCUT2D eigenvalue weighted by atomic mass is 10.2. The monoisotopic (exact) mass is 356 g/mol. The van der Waals surface area contributed by atoms with Gasteiger partial charge in [-0.05, 0) is 37.5 Å². The molecule has 6 nitrogen and oxygen atoms in total. The second-order valence-electron chi connectivity index (χ2n) is 4.08. The summed E-state index contributed by atoms with van der Waals surface area (Å²) in [4.78, 5) is 10.2. The quantitative estimate of drug-likeness (QED) is 0.728. The first-order valence-electron chi connectivity index (χ1n) is 5.75. The zero-order valence-electron chi connectivity index (χ0n) is 11.9. The minimum atomic E-state index is -3.52. The molecule has 1 unspecified atom stereocenters. The van der Waals surface area contributed by atoms with E-state index in [0.717, 1.165) is 11.3 Å². The number of aliphatic carboxylic acids is 1. The SMILES string of the molecule is CSCCC(N)C(=O)O.Cc1ccc(S(N)(=O)=O)cc1.Cl. The molecule has 21 heavy (non-hydrogen) atoms. The van der Waals surface area contributed by atoms with E-state index < -0.39 is 22.0 Å². The summed E-state index contributed by atoms with van der Waals surface area (Å²) < 4.78 is 21.4. The second-order valence-corrected chi connectivity index (χ2v) is 6.63. The summed E-state index contributed by atoms with van der Waals surface area (Å²) in [6, 6.07) is 5.71. The van der Waals surface area contributed by atoms with Crippen molar-refractivity contribution >= 4 is 40.2 Å². The van der Waals surface area contributed by atoms with Crippen molar-refractivity contribution in [3.05, 3.63) is 29.8 Å². The Labute approximate surface area is 135 Å². The molecule has 0 fully saturated rings. The average molecular weight is 357 g/mol. The van der Waals surface area contributed by atoms with Gasteiger partial charge in [-0.3, -0.25) is 4.79 Å².